The normalized spacial score (nSPS) is 12.6. The van der Waals surface area contributed by atoms with Gasteiger partial charge in [0, 0.05) is 33.3 Å². The topological polar surface area (TPSA) is 88.1 Å². The molecule has 0 radical (unpaired) electrons. The molecule has 182 valence electrons. The number of benzene rings is 2. The number of fused-ring (bicyclic) bond motifs is 3. The third-order valence-electron chi connectivity index (χ3n) is 5.64. The van der Waals surface area contributed by atoms with Crippen molar-refractivity contribution in [1.82, 2.24) is 0 Å². The summed E-state index contributed by atoms with van der Waals surface area (Å²) in [6, 6.07) is 6.85. The molecule has 7 nitrogen and oxygen atoms in total. The van der Waals surface area contributed by atoms with E-state index in [1.165, 1.54) is 21.0 Å². The monoisotopic (exact) mass is 476 g/mol. The average molecular weight is 477 g/mol. The first-order valence-corrected chi connectivity index (χ1v) is 10.8. The molecule has 0 aromatic heterocycles. The Kier molecular flexibility index (Phi) is 6.74. The highest BCUT2D eigenvalue weighted by molar-refractivity contribution is 5.95. The summed E-state index contributed by atoms with van der Waals surface area (Å²) in [6.07, 6.45) is 0. The van der Waals surface area contributed by atoms with Crippen LogP contribution in [0.1, 0.15) is 45.7 Å². The van der Waals surface area contributed by atoms with Crippen molar-refractivity contribution in [3.63, 3.8) is 0 Å². The van der Waals surface area contributed by atoms with Crippen LogP contribution < -0.4 is 18.9 Å². The van der Waals surface area contributed by atoms with Crippen molar-refractivity contribution in [2.45, 2.75) is 40.0 Å². The number of esters is 3. The highest BCUT2D eigenvalue weighted by Crippen LogP contribution is 2.59. The molecule has 0 saturated carbocycles. The fourth-order valence-electron chi connectivity index (χ4n) is 3.93. The second-order valence-electron chi connectivity index (χ2n) is 8.97. The molecule has 0 saturated heterocycles. The molecule has 0 aliphatic heterocycles. The number of hydrogen-bond donors (Lipinski definition) is 0. The highest BCUT2D eigenvalue weighted by Gasteiger charge is 2.44. The second kappa shape index (κ2) is 9.25. The Balaban J connectivity index is 2.32. The zero-order valence-electron chi connectivity index (χ0n) is 20.8. The fraction of sp³-hybridized carbons (Fsp3) is 0.250. The minimum Gasteiger partial charge on any atom is -0.493 e. The van der Waals surface area contributed by atoms with Crippen LogP contribution in [0.4, 0.5) is 0 Å². The number of hydrogen-bond acceptors (Lipinski definition) is 7. The Bertz CT molecular complexity index is 1310. The van der Waals surface area contributed by atoms with Crippen LogP contribution in [0.5, 0.6) is 23.0 Å². The third kappa shape index (κ3) is 4.49. The summed E-state index contributed by atoms with van der Waals surface area (Å²) in [7, 11) is 1.48. The van der Waals surface area contributed by atoms with Gasteiger partial charge in [0.15, 0.2) is 23.0 Å². The lowest BCUT2D eigenvalue weighted by Crippen LogP contribution is -2.22. The van der Waals surface area contributed by atoms with Crippen LogP contribution in [-0.2, 0) is 19.8 Å². The summed E-state index contributed by atoms with van der Waals surface area (Å²) >= 11 is 0. The summed E-state index contributed by atoms with van der Waals surface area (Å²) in [5, 5.41) is 0. The molecule has 35 heavy (non-hydrogen) atoms. The van der Waals surface area contributed by atoms with E-state index in [9.17, 15) is 14.4 Å². The molecule has 0 spiro atoms. The van der Waals surface area contributed by atoms with Gasteiger partial charge in [-0.3, -0.25) is 0 Å². The summed E-state index contributed by atoms with van der Waals surface area (Å²) in [4.78, 5) is 37.4. The Labute approximate surface area is 204 Å². The van der Waals surface area contributed by atoms with Gasteiger partial charge in [0.2, 0.25) is 0 Å². The molecule has 0 bridgehead atoms. The van der Waals surface area contributed by atoms with Gasteiger partial charge in [0.05, 0.1) is 7.11 Å². The molecule has 0 fully saturated rings. The van der Waals surface area contributed by atoms with Crippen LogP contribution in [0, 0.1) is 0 Å². The first-order chi connectivity index (χ1) is 16.3. The summed E-state index contributed by atoms with van der Waals surface area (Å²) in [5.41, 5.74) is 2.42. The van der Waals surface area contributed by atoms with Crippen LogP contribution in [0.25, 0.3) is 11.1 Å². The van der Waals surface area contributed by atoms with Crippen LogP contribution in [-0.4, -0.2) is 25.0 Å². The lowest BCUT2D eigenvalue weighted by Gasteiger charge is -2.26. The molecule has 7 heteroatoms. The van der Waals surface area contributed by atoms with Gasteiger partial charge in [0.25, 0.3) is 0 Å². The van der Waals surface area contributed by atoms with Crippen molar-refractivity contribution in [1.29, 1.82) is 0 Å². The number of carbonyl (C=O) groups excluding carboxylic acids is 3. The van der Waals surface area contributed by atoms with E-state index in [1.807, 2.05) is 19.9 Å². The van der Waals surface area contributed by atoms with Crippen molar-refractivity contribution in [3.8, 4) is 34.1 Å². The summed E-state index contributed by atoms with van der Waals surface area (Å²) in [6.45, 7) is 19.3. The Hall–Kier alpha value is -4.13. The Morgan fingerprint density at radius 3 is 1.43 bits per heavy atom. The molecular weight excluding hydrogens is 448 g/mol. The minimum absolute atomic E-state index is 0.0553. The highest BCUT2D eigenvalue weighted by atomic mass is 16.6. The fourth-order valence-corrected chi connectivity index (χ4v) is 3.93. The van der Waals surface area contributed by atoms with Crippen molar-refractivity contribution in [2.24, 2.45) is 0 Å². The third-order valence-corrected chi connectivity index (χ3v) is 5.64. The second-order valence-corrected chi connectivity index (χ2v) is 8.97. The van der Waals surface area contributed by atoms with E-state index < -0.39 is 23.3 Å². The van der Waals surface area contributed by atoms with E-state index in [4.69, 9.17) is 18.9 Å². The predicted molar refractivity (Wildman–Crippen MR) is 132 cm³/mol. The maximum absolute atomic E-state index is 12.6. The lowest BCUT2D eigenvalue weighted by molar-refractivity contribution is -0.132. The summed E-state index contributed by atoms with van der Waals surface area (Å²) < 4.78 is 22.4. The molecular formula is C28H28O7. The number of methoxy groups -OCH3 is 1. The zero-order chi connectivity index (χ0) is 26.2. The van der Waals surface area contributed by atoms with Crippen molar-refractivity contribution in [2.75, 3.05) is 7.11 Å². The van der Waals surface area contributed by atoms with Gasteiger partial charge in [-0.25, -0.2) is 14.4 Å². The van der Waals surface area contributed by atoms with Gasteiger partial charge in [-0.05, 0) is 44.0 Å². The predicted octanol–water partition coefficient (Wildman–Crippen LogP) is 5.45. The molecule has 0 amide bonds. The van der Waals surface area contributed by atoms with Crippen molar-refractivity contribution >= 4 is 17.9 Å². The smallest absolute Gasteiger partial charge is 0.338 e. The zero-order valence-corrected chi connectivity index (χ0v) is 20.8. The van der Waals surface area contributed by atoms with E-state index in [0.717, 1.165) is 11.1 Å². The van der Waals surface area contributed by atoms with Crippen LogP contribution in [0.2, 0.25) is 0 Å². The van der Waals surface area contributed by atoms with Crippen LogP contribution in [0.3, 0.4) is 0 Å². The average Bonchev–Trinajstić information content (AvgIpc) is 3.02. The van der Waals surface area contributed by atoms with Crippen LogP contribution >= 0.6 is 0 Å². The molecule has 0 heterocycles. The lowest BCUT2D eigenvalue weighted by atomic mass is 9.81. The first-order valence-electron chi connectivity index (χ1n) is 10.8. The Morgan fingerprint density at radius 2 is 1.03 bits per heavy atom. The van der Waals surface area contributed by atoms with E-state index in [-0.39, 0.29) is 34.0 Å². The molecule has 2 aromatic rings. The standard InChI is InChI=1S/C28H28O7/c1-14(2)25(29)33-20-13-11-18-17-10-12-19(32-9)23(34-26(30)15(3)4)21(17)28(7,8)22(18)24(20)35-27(31)16(5)6/h10-13H,1,3,5H2,2,4,6-9H3. The first kappa shape index (κ1) is 25.5. The maximum atomic E-state index is 12.6. The number of carbonyl (C=O) groups is 3. The maximum Gasteiger partial charge on any atom is 0.338 e. The van der Waals surface area contributed by atoms with Gasteiger partial charge in [-0.15, -0.1) is 0 Å². The van der Waals surface area contributed by atoms with Gasteiger partial charge < -0.3 is 18.9 Å². The quantitative estimate of drug-likeness (QED) is 0.298. The largest absolute Gasteiger partial charge is 0.493 e. The molecule has 1 aliphatic rings. The van der Waals surface area contributed by atoms with Gasteiger partial charge >= 0.3 is 17.9 Å². The van der Waals surface area contributed by atoms with Crippen molar-refractivity contribution < 1.29 is 33.3 Å². The molecule has 1 aliphatic carbocycles. The molecule has 0 atom stereocenters. The molecule has 0 unspecified atom stereocenters. The molecule has 2 aromatic carbocycles. The van der Waals surface area contributed by atoms with E-state index in [0.29, 0.717) is 16.9 Å². The van der Waals surface area contributed by atoms with Gasteiger partial charge in [-0.1, -0.05) is 45.7 Å². The van der Waals surface area contributed by atoms with Gasteiger partial charge in [-0.2, -0.15) is 0 Å². The number of rotatable bonds is 7. The molecule has 3 rings (SSSR count). The van der Waals surface area contributed by atoms with E-state index in [2.05, 4.69) is 19.7 Å². The van der Waals surface area contributed by atoms with E-state index >= 15 is 0 Å². The molecule has 0 N–H and O–H groups in total. The SMILES string of the molecule is C=C(C)C(=O)Oc1ccc2c(c1OC(=O)C(=C)C)C(C)(C)c1c-2ccc(OC)c1OC(=O)C(=C)C. The van der Waals surface area contributed by atoms with Crippen LogP contribution in [0.15, 0.2) is 60.7 Å². The Morgan fingerprint density at radius 1 is 0.657 bits per heavy atom. The van der Waals surface area contributed by atoms with Gasteiger partial charge in [0.1, 0.15) is 0 Å². The number of ether oxygens (including phenoxy) is 4. The van der Waals surface area contributed by atoms with Crippen molar-refractivity contribution in [3.05, 3.63) is 71.8 Å². The summed E-state index contributed by atoms with van der Waals surface area (Å²) in [5.74, 6) is -1.23. The van der Waals surface area contributed by atoms with E-state index in [1.54, 1.807) is 25.1 Å². The minimum atomic E-state index is -0.861.